The lowest BCUT2D eigenvalue weighted by Crippen LogP contribution is -2.22. The first-order valence-corrected chi connectivity index (χ1v) is 9.23. The number of nitrogens with zero attached hydrogens (tertiary/aromatic N) is 1. The number of amides is 1. The number of benzene rings is 2. The van der Waals surface area contributed by atoms with Gasteiger partial charge in [-0.05, 0) is 36.4 Å². The number of rotatable bonds is 5. The Morgan fingerprint density at radius 1 is 1.08 bits per heavy atom. The van der Waals surface area contributed by atoms with Gasteiger partial charge in [-0.25, -0.2) is 12.7 Å². The summed E-state index contributed by atoms with van der Waals surface area (Å²) in [4.78, 5) is 12.4. The third-order valence-corrected chi connectivity index (χ3v) is 5.93. The van der Waals surface area contributed by atoms with E-state index in [9.17, 15) is 13.2 Å². The van der Waals surface area contributed by atoms with Gasteiger partial charge in [0.2, 0.25) is 10.0 Å². The van der Waals surface area contributed by atoms with Crippen molar-refractivity contribution in [1.82, 2.24) is 4.31 Å². The monoisotopic (exact) mass is 402 g/mol. The summed E-state index contributed by atoms with van der Waals surface area (Å²) in [7, 11) is 0.620. The Balaban J connectivity index is 2.40. The maximum atomic E-state index is 12.4. The van der Waals surface area contributed by atoms with E-state index in [0.717, 1.165) is 4.31 Å². The third-order valence-electron chi connectivity index (χ3n) is 3.38. The molecule has 0 bridgehead atoms. The van der Waals surface area contributed by atoms with Crippen LogP contribution in [0.3, 0.4) is 0 Å². The first-order valence-electron chi connectivity index (χ1n) is 7.03. The molecule has 2 aromatic carbocycles. The number of hydrogen-bond acceptors (Lipinski definition) is 4. The predicted molar refractivity (Wildman–Crippen MR) is 98.3 cm³/mol. The number of methoxy groups -OCH3 is 1. The molecule has 0 saturated heterocycles. The zero-order chi connectivity index (χ0) is 18.8. The maximum absolute atomic E-state index is 12.4. The van der Waals surface area contributed by atoms with Crippen LogP contribution in [-0.4, -0.2) is 39.8 Å². The molecule has 0 atom stereocenters. The van der Waals surface area contributed by atoms with E-state index in [1.54, 1.807) is 0 Å². The summed E-state index contributed by atoms with van der Waals surface area (Å²) >= 11 is 11.8. The average Bonchev–Trinajstić information content (AvgIpc) is 2.57. The molecule has 0 aromatic heterocycles. The van der Waals surface area contributed by atoms with E-state index in [2.05, 4.69) is 5.32 Å². The standard InChI is InChI=1S/C16H16Cl2N2O4S/c1-20(2)25(22,23)11-5-7-15(24-3)14(9-11)19-16(21)10-4-6-12(17)13(18)8-10/h4-9H,1-3H3,(H,19,21). The number of hydrogen-bond donors (Lipinski definition) is 1. The quantitative estimate of drug-likeness (QED) is 0.829. The van der Waals surface area contributed by atoms with E-state index in [-0.39, 0.29) is 21.2 Å². The number of sulfonamides is 1. The SMILES string of the molecule is COc1ccc(S(=O)(=O)N(C)C)cc1NC(=O)c1ccc(Cl)c(Cl)c1. The Morgan fingerprint density at radius 3 is 2.32 bits per heavy atom. The van der Waals surface area contributed by atoms with E-state index >= 15 is 0 Å². The predicted octanol–water partition coefficient (Wildman–Crippen LogP) is 3.50. The second kappa shape index (κ2) is 7.61. The first-order chi connectivity index (χ1) is 11.7. The largest absolute Gasteiger partial charge is 0.495 e. The molecule has 0 fully saturated rings. The molecule has 0 aliphatic rings. The van der Waals surface area contributed by atoms with Crippen LogP contribution in [0.1, 0.15) is 10.4 Å². The van der Waals surface area contributed by atoms with Crippen molar-refractivity contribution >= 4 is 44.8 Å². The molecule has 6 nitrogen and oxygen atoms in total. The Kier molecular flexibility index (Phi) is 5.95. The van der Waals surface area contributed by atoms with E-state index < -0.39 is 15.9 Å². The van der Waals surface area contributed by atoms with Crippen LogP contribution in [0.5, 0.6) is 5.75 Å². The Morgan fingerprint density at radius 2 is 1.76 bits per heavy atom. The molecule has 0 heterocycles. The molecule has 0 saturated carbocycles. The van der Waals surface area contributed by atoms with Crippen LogP contribution < -0.4 is 10.1 Å². The van der Waals surface area contributed by atoms with Gasteiger partial charge in [-0.2, -0.15) is 0 Å². The van der Waals surface area contributed by atoms with Gasteiger partial charge in [-0.15, -0.1) is 0 Å². The van der Waals surface area contributed by atoms with Crippen molar-refractivity contribution in [3.8, 4) is 5.75 Å². The van der Waals surface area contributed by atoms with Gasteiger partial charge in [-0.1, -0.05) is 23.2 Å². The molecule has 0 aliphatic heterocycles. The number of carbonyl (C=O) groups is 1. The molecule has 0 spiro atoms. The van der Waals surface area contributed by atoms with Crippen LogP contribution in [0.15, 0.2) is 41.3 Å². The summed E-state index contributed by atoms with van der Waals surface area (Å²) < 4.78 is 30.8. The fourth-order valence-corrected chi connectivity index (χ4v) is 3.21. The number of carbonyl (C=O) groups excluding carboxylic acids is 1. The van der Waals surface area contributed by atoms with Gasteiger partial charge in [0.25, 0.3) is 5.91 Å². The molecule has 0 aliphatic carbocycles. The second-order valence-corrected chi connectivity index (χ2v) is 8.20. The molecule has 2 rings (SSSR count). The van der Waals surface area contributed by atoms with Crippen molar-refractivity contribution in [2.75, 3.05) is 26.5 Å². The summed E-state index contributed by atoms with van der Waals surface area (Å²) in [6.45, 7) is 0. The van der Waals surface area contributed by atoms with E-state index in [1.807, 2.05) is 0 Å². The van der Waals surface area contributed by atoms with Gasteiger partial charge >= 0.3 is 0 Å². The first kappa shape index (κ1) is 19.5. The van der Waals surface area contributed by atoms with Gasteiger partial charge in [0.15, 0.2) is 0 Å². The lowest BCUT2D eigenvalue weighted by Gasteiger charge is -2.15. The molecular weight excluding hydrogens is 387 g/mol. The van der Waals surface area contributed by atoms with E-state index in [0.29, 0.717) is 10.8 Å². The highest BCUT2D eigenvalue weighted by Gasteiger charge is 2.20. The highest BCUT2D eigenvalue weighted by Crippen LogP contribution is 2.29. The van der Waals surface area contributed by atoms with Crippen molar-refractivity contribution in [3.05, 3.63) is 52.0 Å². The highest BCUT2D eigenvalue weighted by molar-refractivity contribution is 7.89. The smallest absolute Gasteiger partial charge is 0.255 e. The maximum Gasteiger partial charge on any atom is 0.255 e. The van der Waals surface area contributed by atoms with Crippen LogP contribution in [0, 0.1) is 0 Å². The fourth-order valence-electron chi connectivity index (χ4n) is 1.99. The molecule has 1 amide bonds. The summed E-state index contributed by atoms with van der Waals surface area (Å²) in [5.41, 5.74) is 0.499. The van der Waals surface area contributed by atoms with Gasteiger partial charge < -0.3 is 10.1 Å². The molecule has 2 aromatic rings. The highest BCUT2D eigenvalue weighted by atomic mass is 35.5. The Labute approximate surface area is 156 Å². The number of halogens is 2. The molecule has 134 valence electrons. The van der Waals surface area contributed by atoms with Crippen molar-refractivity contribution in [3.63, 3.8) is 0 Å². The van der Waals surface area contributed by atoms with Crippen LogP contribution in [-0.2, 0) is 10.0 Å². The lowest BCUT2D eigenvalue weighted by molar-refractivity contribution is 0.102. The molecule has 0 unspecified atom stereocenters. The molecule has 1 N–H and O–H groups in total. The average molecular weight is 403 g/mol. The van der Waals surface area contributed by atoms with Crippen LogP contribution >= 0.6 is 23.2 Å². The lowest BCUT2D eigenvalue weighted by atomic mass is 10.2. The van der Waals surface area contributed by atoms with Crippen molar-refractivity contribution < 1.29 is 17.9 Å². The minimum atomic E-state index is -3.65. The zero-order valence-corrected chi connectivity index (χ0v) is 16.0. The molecular formula is C16H16Cl2N2O4S. The molecule has 0 radical (unpaired) electrons. The van der Waals surface area contributed by atoms with Gasteiger partial charge in [0.1, 0.15) is 5.75 Å². The normalized spacial score (nSPS) is 11.4. The van der Waals surface area contributed by atoms with Crippen LogP contribution in [0.25, 0.3) is 0 Å². The fraction of sp³-hybridized carbons (Fsp3) is 0.188. The van der Waals surface area contributed by atoms with Crippen molar-refractivity contribution in [2.24, 2.45) is 0 Å². The van der Waals surface area contributed by atoms with Crippen molar-refractivity contribution in [1.29, 1.82) is 0 Å². The van der Waals surface area contributed by atoms with Crippen molar-refractivity contribution in [2.45, 2.75) is 4.90 Å². The number of nitrogens with one attached hydrogen (secondary N) is 1. The summed E-state index contributed by atoms with van der Waals surface area (Å²) in [6, 6.07) is 8.65. The summed E-state index contributed by atoms with van der Waals surface area (Å²) in [6.07, 6.45) is 0. The molecule has 9 heteroatoms. The zero-order valence-electron chi connectivity index (χ0n) is 13.7. The summed E-state index contributed by atoms with van der Waals surface area (Å²) in [5, 5.41) is 3.20. The third kappa shape index (κ3) is 4.24. The van der Waals surface area contributed by atoms with Gasteiger partial charge in [-0.3, -0.25) is 4.79 Å². The van der Waals surface area contributed by atoms with Gasteiger partial charge in [0, 0.05) is 19.7 Å². The number of anilines is 1. The van der Waals surface area contributed by atoms with E-state index in [4.69, 9.17) is 27.9 Å². The Bertz CT molecular complexity index is 914. The number of ether oxygens (including phenoxy) is 1. The summed E-state index contributed by atoms with van der Waals surface area (Å²) in [5.74, 6) is -0.151. The van der Waals surface area contributed by atoms with Crippen LogP contribution in [0.2, 0.25) is 10.0 Å². The van der Waals surface area contributed by atoms with Gasteiger partial charge in [0.05, 0.1) is 27.7 Å². The minimum absolute atomic E-state index is 0.0303. The van der Waals surface area contributed by atoms with E-state index in [1.165, 1.54) is 57.6 Å². The molecule has 25 heavy (non-hydrogen) atoms. The van der Waals surface area contributed by atoms with Crippen LogP contribution in [0.4, 0.5) is 5.69 Å². The topological polar surface area (TPSA) is 75.7 Å². The minimum Gasteiger partial charge on any atom is -0.495 e. The Hall–Kier alpha value is -1.80. The second-order valence-electron chi connectivity index (χ2n) is 5.23.